The molecule has 1 rings (SSSR count). The van der Waals surface area contributed by atoms with Crippen molar-refractivity contribution < 1.29 is 14.6 Å². The summed E-state index contributed by atoms with van der Waals surface area (Å²) in [5.41, 5.74) is -0.651. The Bertz CT molecular complexity index is 527. The van der Waals surface area contributed by atoms with Crippen molar-refractivity contribution in [1.29, 1.82) is 0 Å². The molecular weight excluding hydrogens is 254 g/mol. The number of rotatable bonds is 5. The smallest absolute Gasteiger partial charge is 0.279 e. The molecule has 0 aliphatic rings. The molecule has 8 heteroatoms. The van der Waals surface area contributed by atoms with Crippen molar-refractivity contribution in [2.75, 3.05) is 0 Å². The van der Waals surface area contributed by atoms with E-state index in [0.717, 1.165) is 12.1 Å². The predicted octanol–water partition coefficient (Wildman–Crippen LogP) is 1.57. The van der Waals surface area contributed by atoms with Crippen LogP contribution in [0.5, 0.6) is 0 Å². The molecule has 0 aliphatic carbocycles. The highest BCUT2D eigenvalue weighted by Gasteiger charge is 2.21. The van der Waals surface area contributed by atoms with Gasteiger partial charge in [-0.25, -0.2) is 0 Å². The maximum Gasteiger partial charge on any atom is 0.279 e. The Morgan fingerprint density at radius 1 is 1.26 bits per heavy atom. The lowest BCUT2D eigenvalue weighted by atomic mass is 10.1. The maximum atomic E-state index is 11.5. The molecular formula is C11H13N3O5. The van der Waals surface area contributed by atoms with E-state index in [2.05, 4.69) is 5.32 Å². The van der Waals surface area contributed by atoms with Gasteiger partial charge in [0, 0.05) is 17.7 Å². The Labute approximate surface area is 108 Å². The van der Waals surface area contributed by atoms with Crippen LogP contribution in [0.4, 0.5) is 11.4 Å². The first kappa shape index (κ1) is 14.6. The van der Waals surface area contributed by atoms with Gasteiger partial charge in [-0.15, -0.1) is 0 Å². The third-order valence-electron chi connectivity index (χ3n) is 2.28. The van der Waals surface area contributed by atoms with Crippen LogP contribution in [0.25, 0.3) is 0 Å². The zero-order chi connectivity index (χ0) is 14.6. The van der Waals surface area contributed by atoms with Gasteiger partial charge in [0.25, 0.3) is 11.4 Å². The Kier molecular flexibility index (Phi) is 4.51. The van der Waals surface area contributed by atoms with Crippen LogP contribution in [0.2, 0.25) is 0 Å². The van der Waals surface area contributed by atoms with Crippen LogP contribution in [-0.4, -0.2) is 21.8 Å². The topological polar surface area (TPSA) is 115 Å². The van der Waals surface area contributed by atoms with Gasteiger partial charge in [0.2, 0.25) is 5.91 Å². The summed E-state index contributed by atoms with van der Waals surface area (Å²) >= 11 is 0. The SMILES string of the molecule is CC(C)NC(=O)Cc1ccc([N+](=O)[O-])cc1[N+](=O)[O-]. The number of hydrogen-bond acceptors (Lipinski definition) is 5. The molecule has 0 heterocycles. The Morgan fingerprint density at radius 2 is 1.89 bits per heavy atom. The van der Waals surface area contributed by atoms with E-state index in [9.17, 15) is 25.0 Å². The first-order valence-corrected chi connectivity index (χ1v) is 5.52. The standard InChI is InChI=1S/C11H13N3O5/c1-7(2)12-11(15)5-8-3-4-9(13(16)17)6-10(8)14(18)19/h3-4,6-7H,5H2,1-2H3,(H,12,15). The van der Waals surface area contributed by atoms with Gasteiger partial charge >= 0.3 is 0 Å². The number of amides is 1. The molecule has 8 nitrogen and oxygen atoms in total. The summed E-state index contributed by atoms with van der Waals surface area (Å²) in [5.74, 6) is -0.369. The number of nitrogens with one attached hydrogen (secondary N) is 1. The average Bonchev–Trinajstić information content (AvgIpc) is 2.27. The van der Waals surface area contributed by atoms with Gasteiger partial charge in [0.15, 0.2) is 0 Å². The fourth-order valence-corrected chi connectivity index (χ4v) is 1.53. The molecule has 1 N–H and O–H groups in total. The van der Waals surface area contributed by atoms with Crippen molar-refractivity contribution in [3.8, 4) is 0 Å². The number of hydrogen-bond donors (Lipinski definition) is 1. The van der Waals surface area contributed by atoms with Crippen LogP contribution < -0.4 is 5.32 Å². The van der Waals surface area contributed by atoms with Crippen molar-refractivity contribution >= 4 is 17.3 Å². The third kappa shape index (κ3) is 4.02. The van der Waals surface area contributed by atoms with Gasteiger partial charge in [-0.1, -0.05) is 0 Å². The minimum Gasteiger partial charge on any atom is -0.354 e. The molecule has 1 amide bonds. The molecule has 102 valence electrons. The molecule has 0 radical (unpaired) electrons. The van der Waals surface area contributed by atoms with E-state index in [1.807, 2.05) is 0 Å². The van der Waals surface area contributed by atoms with Crippen LogP contribution in [0.3, 0.4) is 0 Å². The van der Waals surface area contributed by atoms with Gasteiger partial charge in [0.05, 0.1) is 22.3 Å². The average molecular weight is 267 g/mol. The highest BCUT2D eigenvalue weighted by molar-refractivity contribution is 5.80. The van der Waals surface area contributed by atoms with Crippen molar-refractivity contribution in [2.45, 2.75) is 26.3 Å². The first-order valence-electron chi connectivity index (χ1n) is 5.52. The van der Waals surface area contributed by atoms with Crippen molar-refractivity contribution in [3.63, 3.8) is 0 Å². The van der Waals surface area contributed by atoms with E-state index in [4.69, 9.17) is 0 Å². The number of nitro groups is 2. The molecule has 0 spiro atoms. The molecule has 0 aromatic heterocycles. The van der Waals surface area contributed by atoms with Crippen molar-refractivity contribution in [2.24, 2.45) is 0 Å². The second kappa shape index (κ2) is 5.89. The molecule has 0 atom stereocenters. The van der Waals surface area contributed by atoms with Gasteiger partial charge in [0.1, 0.15) is 0 Å². The Hall–Kier alpha value is -2.51. The quantitative estimate of drug-likeness (QED) is 0.642. The van der Waals surface area contributed by atoms with E-state index in [1.165, 1.54) is 6.07 Å². The third-order valence-corrected chi connectivity index (χ3v) is 2.28. The van der Waals surface area contributed by atoms with Crippen molar-refractivity contribution in [3.05, 3.63) is 44.0 Å². The molecule has 0 saturated heterocycles. The summed E-state index contributed by atoms with van der Waals surface area (Å²) in [6.45, 7) is 3.53. The van der Waals surface area contributed by atoms with E-state index >= 15 is 0 Å². The van der Waals surface area contributed by atoms with Gasteiger partial charge in [-0.05, 0) is 19.9 Å². The van der Waals surface area contributed by atoms with Crippen LogP contribution in [0, 0.1) is 20.2 Å². The Morgan fingerprint density at radius 3 is 2.37 bits per heavy atom. The summed E-state index contributed by atoms with van der Waals surface area (Å²) in [5, 5.41) is 24.0. The molecule has 1 aromatic carbocycles. The lowest BCUT2D eigenvalue weighted by Gasteiger charge is -2.08. The minimum atomic E-state index is -0.731. The van der Waals surface area contributed by atoms with E-state index in [-0.39, 0.29) is 29.6 Å². The van der Waals surface area contributed by atoms with E-state index in [0.29, 0.717) is 0 Å². The lowest BCUT2D eigenvalue weighted by Crippen LogP contribution is -2.31. The van der Waals surface area contributed by atoms with Gasteiger partial charge < -0.3 is 5.32 Å². The second-order valence-electron chi connectivity index (χ2n) is 4.23. The fraction of sp³-hybridized carbons (Fsp3) is 0.364. The molecule has 0 unspecified atom stereocenters. The zero-order valence-electron chi connectivity index (χ0n) is 10.5. The van der Waals surface area contributed by atoms with Crippen LogP contribution in [0.15, 0.2) is 18.2 Å². The van der Waals surface area contributed by atoms with E-state index in [1.54, 1.807) is 13.8 Å². The molecule has 19 heavy (non-hydrogen) atoms. The number of nitrogens with zero attached hydrogens (tertiary/aromatic N) is 2. The molecule has 0 saturated carbocycles. The Balaban J connectivity index is 3.04. The van der Waals surface area contributed by atoms with Gasteiger partial charge in [-0.3, -0.25) is 25.0 Å². The predicted molar refractivity (Wildman–Crippen MR) is 66.7 cm³/mol. The number of nitro benzene ring substituents is 2. The number of carbonyl (C=O) groups is 1. The fourth-order valence-electron chi connectivity index (χ4n) is 1.53. The molecule has 1 aromatic rings. The first-order chi connectivity index (χ1) is 8.81. The normalized spacial score (nSPS) is 10.3. The summed E-state index contributed by atoms with van der Waals surface area (Å²) in [7, 11) is 0. The summed E-state index contributed by atoms with van der Waals surface area (Å²) < 4.78 is 0. The zero-order valence-corrected chi connectivity index (χ0v) is 10.5. The van der Waals surface area contributed by atoms with Crippen LogP contribution >= 0.6 is 0 Å². The van der Waals surface area contributed by atoms with Crippen molar-refractivity contribution in [1.82, 2.24) is 5.32 Å². The molecule has 0 aliphatic heterocycles. The number of non-ortho nitro benzene ring substituents is 1. The summed E-state index contributed by atoms with van der Waals surface area (Å²) in [4.78, 5) is 31.5. The summed E-state index contributed by atoms with van der Waals surface area (Å²) in [6.07, 6.45) is -0.188. The summed E-state index contributed by atoms with van der Waals surface area (Å²) in [6, 6.07) is 3.16. The monoisotopic (exact) mass is 267 g/mol. The van der Waals surface area contributed by atoms with E-state index < -0.39 is 15.5 Å². The van der Waals surface area contributed by atoms with Gasteiger partial charge in [-0.2, -0.15) is 0 Å². The van der Waals surface area contributed by atoms with Crippen LogP contribution in [0.1, 0.15) is 19.4 Å². The highest BCUT2D eigenvalue weighted by Crippen LogP contribution is 2.24. The second-order valence-corrected chi connectivity index (χ2v) is 4.23. The maximum absolute atomic E-state index is 11.5. The number of carbonyl (C=O) groups excluding carboxylic acids is 1. The number of benzene rings is 1. The lowest BCUT2D eigenvalue weighted by molar-refractivity contribution is -0.394. The molecule has 0 fully saturated rings. The molecule has 0 bridgehead atoms. The highest BCUT2D eigenvalue weighted by atomic mass is 16.6. The minimum absolute atomic E-state index is 0.0791. The van der Waals surface area contributed by atoms with Crippen LogP contribution in [-0.2, 0) is 11.2 Å². The largest absolute Gasteiger partial charge is 0.354 e.